The van der Waals surface area contributed by atoms with Crippen LogP contribution in [0, 0.1) is 10.1 Å². The Morgan fingerprint density at radius 1 is 1.32 bits per heavy atom. The summed E-state index contributed by atoms with van der Waals surface area (Å²) < 4.78 is 5.15. The van der Waals surface area contributed by atoms with Gasteiger partial charge in [0.1, 0.15) is 5.75 Å². The number of ether oxygens (including phenoxy) is 1. The summed E-state index contributed by atoms with van der Waals surface area (Å²) in [5.74, 6) is -0.0650. The maximum absolute atomic E-state index is 11.4. The van der Waals surface area contributed by atoms with Crippen molar-refractivity contribution in [2.45, 2.75) is 26.4 Å². The minimum atomic E-state index is -0.506. The Bertz CT molecular complexity index is 450. The van der Waals surface area contributed by atoms with E-state index in [1.807, 2.05) is 0 Å². The summed E-state index contributed by atoms with van der Waals surface area (Å²) in [6.07, 6.45) is 0. The van der Waals surface area contributed by atoms with Crippen LogP contribution >= 0.6 is 0 Å². The van der Waals surface area contributed by atoms with E-state index in [0.717, 1.165) is 0 Å². The predicted molar refractivity (Wildman–Crippen MR) is 67.6 cm³/mol. The first-order valence-electron chi connectivity index (χ1n) is 5.62. The summed E-state index contributed by atoms with van der Waals surface area (Å²) in [5.41, 5.74) is 1.73. The lowest BCUT2D eigenvalue weighted by atomic mass is 10.2. The lowest BCUT2D eigenvalue weighted by Gasteiger charge is -2.18. The number of benzene rings is 1. The number of hydrogen-bond donors (Lipinski definition) is 1. The zero-order chi connectivity index (χ0) is 14.5. The Balaban J connectivity index is 2.40. The van der Waals surface area contributed by atoms with E-state index >= 15 is 0 Å². The van der Waals surface area contributed by atoms with Gasteiger partial charge in [0.25, 0.3) is 11.6 Å². The van der Waals surface area contributed by atoms with Gasteiger partial charge >= 0.3 is 0 Å². The Kier molecular flexibility index (Phi) is 4.82. The number of nitro benzene ring substituents is 1. The van der Waals surface area contributed by atoms with Gasteiger partial charge < -0.3 is 4.74 Å². The molecule has 0 saturated heterocycles. The summed E-state index contributed by atoms with van der Waals surface area (Å²) >= 11 is 0. The van der Waals surface area contributed by atoms with Crippen LogP contribution in [-0.4, -0.2) is 23.0 Å². The summed E-state index contributed by atoms with van der Waals surface area (Å²) in [7, 11) is 0. The lowest BCUT2D eigenvalue weighted by Crippen LogP contribution is -2.36. The summed E-state index contributed by atoms with van der Waals surface area (Å²) in [6, 6.07) is 5.46. The molecule has 0 heterocycles. The van der Waals surface area contributed by atoms with Crippen LogP contribution in [0.25, 0.3) is 0 Å². The average Bonchev–Trinajstić information content (AvgIpc) is 2.33. The van der Waals surface area contributed by atoms with Gasteiger partial charge in [-0.15, -0.1) is 0 Å². The molecule has 0 fully saturated rings. The number of carbonyl (C=O) groups excluding carboxylic acids is 1. The SMILES string of the molecule is CC(C)(C)ONC(=O)COc1ccc([N+](=O)[O-])cc1. The number of hydrogen-bond acceptors (Lipinski definition) is 5. The standard InChI is InChI=1S/C12H16N2O5/c1-12(2,3)19-13-11(15)8-18-10-6-4-9(5-7-10)14(16)17/h4-7H,8H2,1-3H3,(H,13,15). The predicted octanol–water partition coefficient (Wildman–Crippen LogP) is 1.82. The first kappa shape index (κ1) is 14.9. The molecule has 1 aromatic carbocycles. The third kappa shape index (κ3) is 5.82. The van der Waals surface area contributed by atoms with Crippen LogP contribution in [0.2, 0.25) is 0 Å². The summed E-state index contributed by atoms with van der Waals surface area (Å²) in [4.78, 5) is 26.4. The average molecular weight is 268 g/mol. The van der Waals surface area contributed by atoms with E-state index < -0.39 is 16.4 Å². The highest BCUT2D eigenvalue weighted by atomic mass is 16.7. The van der Waals surface area contributed by atoms with Gasteiger partial charge in [0.05, 0.1) is 10.5 Å². The van der Waals surface area contributed by atoms with Crippen molar-refractivity contribution >= 4 is 11.6 Å². The molecule has 0 spiro atoms. The number of carbonyl (C=O) groups is 1. The molecule has 0 aliphatic heterocycles. The van der Waals surface area contributed by atoms with E-state index in [4.69, 9.17) is 9.57 Å². The summed E-state index contributed by atoms with van der Waals surface area (Å²) in [6.45, 7) is 5.16. The quantitative estimate of drug-likeness (QED) is 0.649. The van der Waals surface area contributed by atoms with Crippen LogP contribution in [0.3, 0.4) is 0 Å². The van der Waals surface area contributed by atoms with E-state index in [1.54, 1.807) is 20.8 Å². The molecule has 0 bridgehead atoms. The Morgan fingerprint density at radius 2 is 1.89 bits per heavy atom. The smallest absolute Gasteiger partial charge is 0.281 e. The number of nitrogens with one attached hydrogen (secondary N) is 1. The van der Waals surface area contributed by atoms with Gasteiger partial charge in [0, 0.05) is 12.1 Å². The fraction of sp³-hybridized carbons (Fsp3) is 0.417. The number of amides is 1. The second kappa shape index (κ2) is 6.14. The third-order valence-electron chi connectivity index (χ3n) is 1.89. The Morgan fingerprint density at radius 3 is 2.37 bits per heavy atom. The lowest BCUT2D eigenvalue weighted by molar-refractivity contribution is -0.384. The molecular weight excluding hydrogens is 252 g/mol. The molecule has 0 radical (unpaired) electrons. The number of non-ortho nitro benzene ring substituents is 1. The van der Waals surface area contributed by atoms with Crippen molar-refractivity contribution in [2.24, 2.45) is 0 Å². The fourth-order valence-electron chi connectivity index (χ4n) is 1.05. The van der Waals surface area contributed by atoms with Crippen molar-refractivity contribution < 1.29 is 19.3 Å². The molecule has 19 heavy (non-hydrogen) atoms. The molecule has 1 amide bonds. The molecule has 0 aliphatic rings. The van der Waals surface area contributed by atoms with Crippen molar-refractivity contribution in [3.63, 3.8) is 0 Å². The van der Waals surface area contributed by atoms with Crippen LogP contribution in [0.15, 0.2) is 24.3 Å². The highest BCUT2D eigenvalue weighted by Crippen LogP contribution is 2.17. The van der Waals surface area contributed by atoms with Crippen LogP contribution in [-0.2, 0) is 9.63 Å². The van der Waals surface area contributed by atoms with Crippen LogP contribution in [0.1, 0.15) is 20.8 Å². The Labute approximate surface area is 110 Å². The molecule has 7 heteroatoms. The molecule has 0 atom stereocenters. The van der Waals surface area contributed by atoms with Crippen molar-refractivity contribution in [1.82, 2.24) is 5.48 Å². The molecule has 1 rings (SSSR count). The second-order valence-electron chi connectivity index (χ2n) is 4.78. The summed E-state index contributed by atoms with van der Waals surface area (Å²) in [5, 5.41) is 10.4. The van der Waals surface area contributed by atoms with E-state index in [2.05, 4.69) is 5.48 Å². The molecule has 0 saturated carbocycles. The molecular formula is C12H16N2O5. The van der Waals surface area contributed by atoms with Crippen LogP contribution in [0.4, 0.5) is 5.69 Å². The van der Waals surface area contributed by atoms with Crippen molar-refractivity contribution in [1.29, 1.82) is 0 Å². The number of hydroxylamine groups is 1. The van der Waals surface area contributed by atoms with E-state index in [-0.39, 0.29) is 12.3 Å². The van der Waals surface area contributed by atoms with Crippen LogP contribution in [0.5, 0.6) is 5.75 Å². The monoisotopic (exact) mass is 268 g/mol. The molecule has 0 aromatic heterocycles. The number of rotatable bonds is 5. The molecule has 1 N–H and O–H groups in total. The first-order chi connectivity index (χ1) is 8.78. The maximum Gasteiger partial charge on any atom is 0.281 e. The Hall–Kier alpha value is -2.15. The normalized spacial score (nSPS) is 10.9. The first-order valence-corrected chi connectivity index (χ1v) is 5.62. The molecule has 7 nitrogen and oxygen atoms in total. The second-order valence-corrected chi connectivity index (χ2v) is 4.78. The minimum absolute atomic E-state index is 0.0344. The maximum atomic E-state index is 11.4. The fourth-order valence-corrected chi connectivity index (χ4v) is 1.05. The largest absolute Gasteiger partial charge is 0.484 e. The van der Waals surface area contributed by atoms with E-state index in [0.29, 0.717) is 5.75 Å². The molecule has 1 aromatic rings. The van der Waals surface area contributed by atoms with Gasteiger partial charge in [-0.2, -0.15) is 0 Å². The van der Waals surface area contributed by atoms with Crippen molar-refractivity contribution in [3.05, 3.63) is 34.4 Å². The molecule has 104 valence electrons. The third-order valence-corrected chi connectivity index (χ3v) is 1.89. The number of nitrogens with zero attached hydrogens (tertiary/aromatic N) is 1. The number of nitro groups is 1. The zero-order valence-electron chi connectivity index (χ0n) is 11.0. The van der Waals surface area contributed by atoms with Crippen molar-refractivity contribution in [3.8, 4) is 5.75 Å². The zero-order valence-corrected chi connectivity index (χ0v) is 11.0. The molecule has 0 unspecified atom stereocenters. The van der Waals surface area contributed by atoms with Gasteiger partial charge in [-0.3, -0.25) is 19.7 Å². The topological polar surface area (TPSA) is 90.7 Å². The van der Waals surface area contributed by atoms with Gasteiger partial charge in [-0.05, 0) is 32.9 Å². The van der Waals surface area contributed by atoms with Gasteiger partial charge in [-0.25, -0.2) is 5.48 Å². The highest BCUT2D eigenvalue weighted by Gasteiger charge is 2.13. The van der Waals surface area contributed by atoms with Gasteiger partial charge in [0.15, 0.2) is 6.61 Å². The van der Waals surface area contributed by atoms with Gasteiger partial charge in [-0.1, -0.05) is 0 Å². The minimum Gasteiger partial charge on any atom is -0.484 e. The molecule has 0 aliphatic carbocycles. The highest BCUT2D eigenvalue weighted by molar-refractivity contribution is 5.76. The van der Waals surface area contributed by atoms with Gasteiger partial charge in [0.2, 0.25) is 0 Å². The van der Waals surface area contributed by atoms with E-state index in [9.17, 15) is 14.9 Å². The van der Waals surface area contributed by atoms with Crippen molar-refractivity contribution in [2.75, 3.05) is 6.61 Å². The van der Waals surface area contributed by atoms with Crippen LogP contribution < -0.4 is 10.2 Å². The van der Waals surface area contributed by atoms with E-state index in [1.165, 1.54) is 24.3 Å².